The molecule has 0 aromatic heterocycles. The van der Waals surface area contributed by atoms with Gasteiger partial charge in [-0.2, -0.15) is 0 Å². The lowest BCUT2D eigenvalue weighted by molar-refractivity contribution is -0.122. The molecule has 0 unspecified atom stereocenters. The van der Waals surface area contributed by atoms with Gasteiger partial charge < -0.3 is 5.32 Å². The summed E-state index contributed by atoms with van der Waals surface area (Å²) in [7, 11) is 0. The van der Waals surface area contributed by atoms with Crippen LogP contribution in [0.2, 0.25) is 5.02 Å². The molecule has 1 N–H and O–H groups in total. The summed E-state index contributed by atoms with van der Waals surface area (Å²) < 4.78 is 0.502. The molecule has 0 saturated carbocycles. The number of thiocarbonyl (C=S) groups is 1. The smallest absolute Gasteiger partial charge is 0.266 e. The van der Waals surface area contributed by atoms with Crippen molar-refractivity contribution in [1.82, 2.24) is 4.90 Å². The molecule has 2 amide bonds. The van der Waals surface area contributed by atoms with Gasteiger partial charge in [-0.05, 0) is 42.7 Å². The van der Waals surface area contributed by atoms with E-state index in [1.165, 1.54) is 11.8 Å². The molecule has 1 aliphatic rings. The molecule has 0 spiro atoms. The molecule has 0 radical (unpaired) electrons. The number of carbonyl (C=O) groups excluding carboxylic acids is 2. The highest BCUT2D eigenvalue weighted by Crippen LogP contribution is 2.33. The Bertz CT molecular complexity index is 959. The third kappa shape index (κ3) is 5.01. The third-order valence-corrected chi connectivity index (χ3v) is 5.99. The van der Waals surface area contributed by atoms with Crippen LogP contribution in [0.5, 0.6) is 0 Å². The minimum absolute atomic E-state index is 0.0775. The van der Waals surface area contributed by atoms with Gasteiger partial charge in [-0.15, -0.1) is 0 Å². The summed E-state index contributed by atoms with van der Waals surface area (Å²) in [5.74, 6) is -0.222. The molecule has 1 saturated heterocycles. The number of aryl methyl sites for hydroxylation is 1. The van der Waals surface area contributed by atoms with Gasteiger partial charge in [0.2, 0.25) is 5.91 Å². The standard InChI is InChI=1S/C21H19ClN2O2S2/c1-14-7-2-5-10-17(14)23-19(25)11-6-12-24-20(26)18(28-21(24)27)13-15-8-3-4-9-16(15)22/h2-5,7-10,13H,6,11-12H2,1H3,(H,23,25)/b18-13+. The summed E-state index contributed by atoms with van der Waals surface area (Å²) in [6, 6.07) is 15.0. The molecule has 0 atom stereocenters. The minimum atomic E-state index is -0.144. The van der Waals surface area contributed by atoms with Crippen LogP contribution in [-0.2, 0) is 9.59 Å². The van der Waals surface area contributed by atoms with Crippen LogP contribution in [0.3, 0.4) is 0 Å². The topological polar surface area (TPSA) is 49.4 Å². The Hall–Kier alpha value is -2.15. The Balaban J connectivity index is 1.56. The largest absolute Gasteiger partial charge is 0.326 e. The molecule has 2 aromatic rings. The Morgan fingerprint density at radius 3 is 2.68 bits per heavy atom. The van der Waals surface area contributed by atoms with Crippen LogP contribution in [0.1, 0.15) is 24.0 Å². The number of hydrogen-bond donors (Lipinski definition) is 1. The van der Waals surface area contributed by atoms with E-state index in [4.69, 9.17) is 23.8 Å². The summed E-state index contributed by atoms with van der Waals surface area (Å²) in [5.41, 5.74) is 2.60. The summed E-state index contributed by atoms with van der Waals surface area (Å²) >= 11 is 12.8. The van der Waals surface area contributed by atoms with Crippen molar-refractivity contribution in [2.75, 3.05) is 11.9 Å². The number of thioether (sulfide) groups is 1. The van der Waals surface area contributed by atoms with Crippen LogP contribution >= 0.6 is 35.6 Å². The van der Waals surface area contributed by atoms with Crippen molar-refractivity contribution >= 4 is 63.5 Å². The van der Waals surface area contributed by atoms with Crippen LogP contribution in [0.25, 0.3) is 6.08 Å². The van der Waals surface area contributed by atoms with Crippen LogP contribution < -0.4 is 5.32 Å². The molecule has 0 aliphatic carbocycles. The van der Waals surface area contributed by atoms with Crippen molar-refractivity contribution in [3.8, 4) is 0 Å². The van der Waals surface area contributed by atoms with Crippen molar-refractivity contribution in [2.45, 2.75) is 19.8 Å². The van der Waals surface area contributed by atoms with Crippen molar-refractivity contribution in [2.24, 2.45) is 0 Å². The molecule has 1 heterocycles. The van der Waals surface area contributed by atoms with E-state index in [1.807, 2.05) is 49.4 Å². The number of benzene rings is 2. The first kappa shape index (κ1) is 20.6. The molecule has 7 heteroatoms. The quantitative estimate of drug-likeness (QED) is 0.501. The van der Waals surface area contributed by atoms with Crippen LogP contribution in [0.4, 0.5) is 5.69 Å². The van der Waals surface area contributed by atoms with Crippen LogP contribution in [0, 0.1) is 6.92 Å². The zero-order valence-corrected chi connectivity index (χ0v) is 17.7. The van der Waals surface area contributed by atoms with E-state index in [9.17, 15) is 9.59 Å². The normalized spacial score (nSPS) is 15.4. The number of carbonyl (C=O) groups is 2. The fraction of sp³-hybridized carbons (Fsp3) is 0.190. The lowest BCUT2D eigenvalue weighted by atomic mass is 10.2. The number of amides is 2. The van der Waals surface area contributed by atoms with Gasteiger partial charge >= 0.3 is 0 Å². The van der Waals surface area contributed by atoms with Gasteiger partial charge in [0, 0.05) is 23.7 Å². The van der Waals surface area contributed by atoms with E-state index < -0.39 is 0 Å². The lowest BCUT2D eigenvalue weighted by Crippen LogP contribution is -2.29. The lowest BCUT2D eigenvalue weighted by Gasteiger charge is -2.14. The molecule has 4 nitrogen and oxygen atoms in total. The first-order valence-corrected chi connectivity index (χ1v) is 10.4. The van der Waals surface area contributed by atoms with Gasteiger partial charge in [0.25, 0.3) is 5.91 Å². The fourth-order valence-electron chi connectivity index (χ4n) is 2.75. The van der Waals surface area contributed by atoms with Crippen molar-refractivity contribution < 1.29 is 9.59 Å². The van der Waals surface area contributed by atoms with Crippen LogP contribution in [0.15, 0.2) is 53.4 Å². The Labute approximate surface area is 178 Å². The van der Waals surface area contributed by atoms with Gasteiger partial charge in [-0.3, -0.25) is 14.5 Å². The monoisotopic (exact) mass is 430 g/mol. The molecule has 2 aromatic carbocycles. The van der Waals surface area contributed by atoms with Crippen molar-refractivity contribution in [1.29, 1.82) is 0 Å². The predicted molar refractivity (Wildman–Crippen MR) is 120 cm³/mol. The Morgan fingerprint density at radius 2 is 1.93 bits per heavy atom. The number of halogens is 1. The van der Waals surface area contributed by atoms with E-state index in [2.05, 4.69) is 5.32 Å². The van der Waals surface area contributed by atoms with E-state index >= 15 is 0 Å². The summed E-state index contributed by atoms with van der Waals surface area (Å²) in [6.07, 6.45) is 2.60. The SMILES string of the molecule is Cc1ccccc1NC(=O)CCCN1C(=O)/C(=C\c2ccccc2Cl)SC1=S. The maximum atomic E-state index is 12.6. The van der Waals surface area contributed by atoms with Gasteiger partial charge in [0.05, 0.1) is 4.91 Å². The second-order valence-corrected chi connectivity index (χ2v) is 8.40. The number of hydrogen-bond acceptors (Lipinski definition) is 4. The first-order valence-electron chi connectivity index (χ1n) is 8.81. The minimum Gasteiger partial charge on any atom is -0.326 e. The Morgan fingerprint density at radius 1 is 1.21 bits per heavy atom. The molecule has 28 heavy (non-hydrogen) atoms. The highest BCUT2D eigenvalue weighted by molar-refractivity contribution is 8.26. The number of rotatable bonds is 6. The van der Waals surface area contributed by atoms with Gasteiger partial charge in [0.1, 0.15) is 4.32 Å². The molecule has 1 fully saturated rings. The predicted octanol–water partition coefficient (Wildman–Crippen LogP) is 5.27. The number of nitrogens with one attached hydrogen (secondary N) is 1. The average molecular weight is 431 g/mol. The Kier molecular flexibility index (Phi) is 6.88. The zero-order valence-electron chi connectivity index (χ0n) is 15.3. The van der Waals surface area contributed by atoms with Crippen molar-refractivity contribution in [3.05, 3.63) is 69.6 Å². The number of nitrogens with zero attached hydrogens (tertiary/aromatic N) is 1. The average Bonchev–Trinajstić information content (AvgIpc) is 2.93. The second kappa shape index (κ2) is 9.37. The molecule has 144 valence electrons. The zero-order chi connectivity index (χ0) is 20.1. The highest BCUT2D eigenvalue weighted by atomic mass is 35.5. The maximum Gasteiger partial charge on any atom is 0.266 e. The van der Waals surface area contributed by atoms with E-state index in [0.29, 0.717) is 33.6 Å². The van der Waals surface area contributed by atoms with Gasteiger partial charge in [0.15, 0.2) is 0 Å². The van der Waals surface area contributed by atoms with Gasteiger partial charge in [-0.25, -0.2) is 0 Å². The first-order chi connectivity index (χ1) is 13.5. The summed E-state index contributed by atoms with van der Waals surface area (Å²) in [5, 5.41) is 3.48. The summed E-state index contributed by atoms with van der Waals surface area (Å²) in [6.45, 7) is 2.35. The van der Waals surface area contributed by atoms with Crippen LogP contribution in [-0.4, -0.2) is 27.6 Å². The maximum absolute atomic E-state index is 12.6. The summed E-state index contributed by atoms with van der Waals surface area (Å²) in [4.78, 5) is 26.9. The number of para-hydroxylation sites is 1. The fourth-order valence-corrected chi connectivity index (χ4v) is 4.24. The second-order valence-electron chi connectivity index (χ2n) is 6.32. The van der Waals surface area contributed by atoms with E-state index in [1.54, 1.807) is 17.0 Å². The van der Waals surface area contributed by atoms with E-state index in [0.717, 1.165) is 16.8 Å². The van der Waals surface area contributed by atoms with Crippen molar-refractivity contribution in [3.63, 3.8) is 0 Å². The molecular weight excluding hydrogens is 412 g/mol. The molecule has 1 aliphatic heterocycles. The molecule has 3 rings (SSSR count). The number of anilines is 1. The van der Waals surface area contributed by atoms with E-state index in [-0.39, 0.29) is 11.8 Å². The highest BCUT2D eigenvalue weighted by Gasteiger charge is 2.31. The van der Waals surface area contributed by atoms with Gasteiger partial charge in [-0.1, -0.05) is 72.0 Å². The third-order valence-electron chi connectivity index (χ3n) is 4.27. The molecule has 0 bridgehead atoms. The molecular formula is C21H19ClN2O2S2.